The van der Waals surface area contributed by atoms with Crippen molar-refractivity contribution in [2.45, 2.75) is 44.7 Å². The number of pyridine rings is 1. The van der Waals surface area contributed by atoms with Crippen LogP contribution in [0.4, 0.5) is 0 Å². The molecule has 0 aliphatic heterocycles. The van der Waals surface area contributed by atoms with E-state index in [0.717, 1.165) is 18.4 Å². The Hall–Kier alpha value is -1.62. The summed E-state index contributed by atoms with van der Waals surface area (Å²) < 4.78 is 5.06. The first-order valence-electron chi connectivity index (χ1n) is 7.27. The van der Waals surface area contributed by atoms with Crippen molar-refractivity contribution in [1.29, 1.82) is 0 Å². The molecular formula is C15H23N3O2. The van der Waals surface area contributed by atoms with Crippen molar-refractivity contribution < 1.29 is 9.53 Å². The van der Waals surface area contributed by atoms with Crippen molar-refractivity contribution >= 4 is 5.91 Å². The Bertz CT molecular complexity index is 431. The summed E-state index contributed by atoms with van der Waals surface area (Å²) >= 11 is 0. The topological polar surface area (TPSA) is 63.2 Å². The van der Waals surface area contributed by atoms with Gasteiger partial charge in [-0.15, -0.1) is 0 Å². The van der Waals surface area contributed by atoms with E-state index in [4.69, 9.17) is 4.74 Å². The number of hydrogen-bond donors (Lipinski definition) is 2. The molecule has 2 rings (SSSR count). The van der Waals surface area contributed by atoms with Crippen molar-refractivity contribution in [3.63, 3.8) is 0 Å². The third kappa shape index (κ3) is 4.81. The molecule has 0 radical (unpaired) electrons. The highest BCUT2D eigenvalue weighted by molar-refractivity contribution is 5.78. The van der Waals surface area contributed by atoms with Crippen molar-refractivity contribution in [3.8, 4) is 5.88 Å². The van der Waals surface area contributed by atoms with Gasteiger partial charge in [0.25, 0.3) is 0 Å². The van der Waals surface area contributed by atoms with E-state index < -0.39 is 0 Å². The summed E-state index contributed by atoms with van der Waals surface area (Å²) in [5.74, 6) is 0.675. The number of nitrogens with zero attached hydrogens (tertiary/aromatic N) is 1. The predicted octanol–water partition coefficient (Wildman–Crippen LogP) is 1.63. The lowest BCUT2D eigenvalue weighted by Gasteiger charge is -2.22. The second kappa shape index (κ2) is 7.85. The van der Waals surface area contributed by atoms with Gasteiger partial charge in [0.15, 0.2) is 0 Å². The molecule has 1 aromatic heterocycles. The van der Waals surface area contributed by atoms with Gasteiger partial charge in [-0.05, 0) is 24.5 Å². The molecule has 20 heavy (non-hydrogen) atoms. The maximum atomic E-state index is 11.8. The summed E-state index contributed by atoms with van der Waals surface area (Å²) in [6.07, 6.45) is 7.71. The van der Waals surface area contributed by atoms with Crippen molar-refractivity contribution in [2.75, 3.05) is 13.7 Å². The van der Waals surface area contributed by atoms with Gasteiger partial charge in [0.1, 0.15) is 0 Å². The molecule has 0 saturated heterocycles. The Labute approximate surface area is 120 Å². The van der Waals surface area contributed by atoms with Crippen molar-refractivity contribution in [3.05, 3.63) is 23.9 Å². The van der Waals surface area contributed by atoms with Gasteiger partial charge in [-0.25, -0.2) is 4.98 Å². The van der Waals surface area contributed by atoms with Crippen LogP contribution in [0.15, 0.2) is 18.3 Å². The summed E-state index contributed by atoms with van der Waals surface area (Å²) in [5, 5.41) is 6.24. The van der Waals surface area contributed by atoms with Crippen LogP contribution in [0, 0.1) is 0 Å². The molecule has 5 nitrogen and oxygen atoms in total. The number of nitrogens with one attached hydrogen (secondary N) is 2. The number of ether oxygens (including phenoxy) is 1. The first kappa shape index (κ1) is 14.8. The van der Waals surface area contributed by atoms with E-state index in [1.165, 1.54) is 19.3 Å². The molecule has 0 aromatic carbocycles. The summed E-state index contributed by atoms with van der Waals surface area (Å²) in [5.41, 5.74) is 1.06. The summed E-state index contributed by atoms with van der Waals surface area (Å²) in [4.78, 5) is 15.9. The Morgan fingerprint density at radius 2 is 2.20 bits per heavy atom. The molecule has 2 N–H and O–H groups in total. The quantitative estimate of drug-likeness (QED) is 0.829. The fourth-order valence-electron chi connectivity index (χ4n) is 2.52. The van der Waals surface area contributed by atoms with E-state index >= 15 is 0 Å². The minimum atomic E-state index is 0.0814. The smallest absolute Gasteiger partial charge is 0.234 e. The van der Waals surface area contributed by atoms with E-state index in [-0.39, 0.29) is 5.91 Å². The molecule has 0 bridgehead atoms. The number of amides is 1. The molecule has 0 spiro atoms. The Morgan fingerprint density at radius 3 is 2.95 bits per heavy atom. The Kier molecular flexibility index (Phi) is 5.80. The Balaban J connectivity index is 1.67. The van der Waals surface area contributed by atoms with Crippen LogP contribution in [0.25, 0.3) is 0 Å². The van der Waals surface area contributed by atoms with Gasteiger partial charge in [0.05, 0.1) is 13.7 Å². The van der Waals surface area contributed by atoms with Gasteiger partial charge in [0, 0.05) is 24.8 Å². The zero-order valence-corrected chi connectivity index (χ0v) is 12.0. The number of carbonyl (C=O) groups excluding carboxylic acids is 1. The summed E-state index contributed by atoms with van der Waals surface area (Å²) in [6.45, 7) is 0.984. The van der Waals surface area contributed by atoms with Gasteiger partial charge >= 0.3 is 0 Å². The standard InChI is InChI=1S/C15H23N3O2/c1-20-15-9-12(7-8-17-15)10-16-11-14(19)18-13-5-3-2-4-6-13/h7-9,13,16H,2-6,10-11H2,1H3,(H,18,19). The molecule has 1 aromatic rings. The van der Waals surface area contributed by atoms with Crippen molar-refractivity contribution in [1.82, 2.24) is 15.6 Å². The second-order valence-electron chi connectivity index (χ2n) is 5.21. The number of methoxy groups -OCH3 is 1. The molecule has 1 saturated carbocycles. The minimum Gasteiger partial charge on any atom is -0.481 e. The monoisotopic (exact) mass is 277 g/mol. The fourth-order valence-corrected chi connectivity index (χ4v) is 2.52. The first-order chi connectivity index (χ1) is 9.78. The number of aromatic nitrogens is 1. The van der Waals surface area contributed by atoms with E-state index in [0.29, 0.717) is 25.0 Å². The van der Waals surface area contributed by atoms with E-state index in [1.54, 1.807) is 13.3 Å². The van der Waals surface area contributed by atoms with Crippen LogP contribution >= 0.6 is 0 Å². The summed E-state index contributed by atoms with van der Waals surface area (Å²) in [6, 6.07) is 4.15. The van der Waals surface area contributed by atoms with Crippen LogP contribution in [0.2, 0.25) is 0 Å². The van der Waals surface area contributed by atoms with Crippen molar-refractivity contribution in [2.24, 2.45) is 0 Å². The normalized spacial score (nSPS) is 15.8. The van der Waals surface area contributed by atoms with E-state index in [9.17, 15) is 4.79 Å². The molecule has 5 heteroatoms. The van der Waals surface area contributed by atoms with Crippen LogP contribution in [-0.2, 0) is 11.3 Å². The van der Waals surface area contributed by atoms with Crippen LogP contribution in [0.3, 0.4) is 0 Å². The molecule has 0 atom stereocenters. The zero-order chi connectivity index (χ0) is 14.2. The molecule has 0 unspecified atom stereocenters. The lowest BCUT2D eigenvalue weighted by Crippen LogP contribution is -2.41. The molecular weight excluding hydrogens is 254 g/mol. The molecule has 1 heterocycles. The maximum Gasteiger partial charge on any atom is 0.234 e. The van der Waals surface area contributed by atoms with E-state index in [1.807, 2.05) is 12.1 Å². The molecule has 1 aliphatic carbocycles. The number of hydrogen-bond acceptors (Lipinski definition) is 4. The van der Waals surface area contributed by atoms with Gasteiger partial charge < -0.3 is 15.4 Å². The summed E-state index contributed by atoms with van der Waals surface area (Å²) in [7, 11) is 1.59. The van der Waals surface area contributed by atoms with Crippen LogP contribution in [-0.4, -0.2) is 30.6 Å². The van der Waals surface area contributed by atoms with Gasteiger partial charge in [-0.2, -0.15) is 0 Å². The van der Waals surface area contributed by atoms with Crippen LogP contribution in [0.1, 0.15) is 37.7 Å². The highest BCUT2D eigenvalue weighted by atomic mass is 16.5. The molecule has 1 aliphatic rings. The number of carbonyl (C=O) groups is 1. The van der Waals surface area contributed by atoms with Gasteiger partial charge in [0.2, 0.25) is 11.8 Å². The molecule has 1 amide bonds. The minimum absolute atomic E-state index is 0.0814. The maximum absolute atomic E-state index is 11.8. The highest BCUT2D eigenvalue weighted by Crippen LogP contribution is 2.17. The third-order valence-corrected chi connectivity index (χ3v) is 3.59. The second-order valence-corrected chi connectivity index (χ2v) is 5.21. The molecule has 1 fully saturated rings. The van der Waals surface area contributed by atoms with Crippen LogP contribution < -0.4 is 15.4 Å². The first-order valence-corrected chi connectivity index (χ1v) is 7.27. The lowest BCUT2D eigenvalue weighted by atomic mass is 9.95. The highest BCUT2D eigenvalue weighted by Gasteiger charge is 2.15. The third-order valence-electron chi connectivity index (χ3n) is 3.59. The van der Waals surface area contributed by atoms with E-state index in [2.05, 4.69) is 15.6 Å². The zero-order valence-electron chi connectivity index (χ0n) is 12.0. The lowest BCUT2D eigenvalue weighted by molar-refractivity contribution is -0.121. The SMILES string of the molecule is COc1cc(CNCC(=O)NC2CCCCC2)ccn1. The Morgan fingerprint density at radius 1 is 1.40 bits per heavy atom. The average Bonchev–Trinajstić information content (AvgIpc) is 2.48. The van der Waals surface area contributed by atoms with Gasteiger partial charge in [-0.3, -0.25) is 4.79 Å². The predicted molar refractivity (Wildman–Crippen MR) is 77.5 cm³/mol. The number of rotatable bonds is 6. The van der Waals surface area contributed by atoms with Crippen LogP contribution in [0.5, 0.6) is 5.88 Å². The average molecular weight is 277 g/mol. The fraction of sp³-hybridized carbons (Fsp3) is 0.600. The molecule has 110 valence electrons. The largest absolute Gasteiger partial charge is 0.481 e. The van der Waals surface area contributed by atoms with Gasteiger partial charge in [-0.1, -0.05) is 19.3 Å².